The lowest BCUT2D eigenvalue weighted by molar-refractivity contribution is -0.119. The van der Waals surface area contributed by atoms with Gasteiger partial charge in [0.1, 0.15) is 0 Å². The van der Waals surface area contributed by atoms with Crippen molar-refractivity contribution in [2.45, 2.75) is 11.8 Å². The van der Waals surface area contributed by atoms with Gasteiger partial charge in [-0.3, -0.25) is 9.59 Å². The highest BCUT2D eigenvalue weighted by Crippen LogP contribution is 2.15. The summed E-state index contributed by atoms with van der Waals surface area (Å²) in [5.41, 5.74) is 0.751. The van der Waals surface area contributed by atoms with Crippen molar-refractivity contribution in [3.05, 3.63) is 72.3 Å². The molecule has 2 N–H and O–H groups in total. The van der Waals surface area contributed by atoms with Crippen molar-refractivity contribution in [3.8, 4) is 0 Å². The molecule has 0 aliphatic heterocycles. The maximum atomic E-state index is 12.1. The van der Waals surface area contributed by atoms with Crippen molar-refractivity contribution in [3.63, 3.8) is 0 Å². The highest BCUT2D eigenvalue weighted by Gasteiger charge is 2.16. The zero-order valence-corrected chi connectivity index (χ0v) is 16.5. The third-order valence-corrected chi connectivity index (χ3v) is 5.17. The summed E-state index contributed by atoms with van der Waals surface area (Å²) in [7, 11) is -3.70. The van der Waals surface area contributed by atoms with E-state index >= 15 is 0 Å². The third kappa shape index (κ3) is 6.09. The molecule has 8 nitrogen and oxygen atoms in total. The largest absolute Gasteiger partial charge is 0.452 e. The Labute approximate surface area is 168 Å². The number of benzene rings is 2. The van der Waals surface area contributed by atoms with Crippen molar-refractivity contribution < 1.29 is 27.5 Å². The fourth-order valence-corrected chi connectivity index (χ4v) is 3.32. The van der Waals surface area contributed by atoms with Crippen LogP contribution >= 0.6 is 0 Å². The predicted octanol–water partition coefficient (Wildman–Crippen LogP) is 2.15. The zero-order chi connectivity index (χ0) is 21.4. The molecule has 0 aromatic heterocycles. The molecule has 0 saturated carbocycles. The summed E-state index contributed by atoms with van der Waals surface area (Å²) in [5.74, 6) is -1.61. The van der Waals surface area contributed by atoms with Crippen LogP contribution in [0.2, 0.25) is 0 Å². The highest BCUT2D eigenvalue weighted by atomic mass is 32.2. The Morgan fingerprint density at radius 2 is 1.72 bits per heavy atom. The molecule has 0 aliphatic carbocycles. The van der Waals surface area contributed by atoms with Gasteiger partial charge in [-0.1, -0.05) is 18.2 Å². The van der Waals surface area contributed by atoms with E-state index in [9.17, 15) is 22.8 Å². The van der Waals surface area contributed by atoms with E-state index in [0.29, 0.717) is 11.3 Å². The molecule has 2 rings (SSSR count). The van der Waals surface area contributed by atoms with Crippen molar-refractivity contribution in [1.82, 2.24) is 4.72 Å². The van der Waals surface area contributed by atoms with E-state index in [1.54, 1.807) is 24.3 Å². The van der Waals surface area contributed by atoms with E-state index in [4.69, 9.17) is 4.74 Å². The topological polar surface area (TPSA) is 119 Å². The minimum Gasteiger partial charge on any atom is -0.452 e. The van der Waals surface area contributed by atoms with Crippen LogP contribution in [0.4, 0.5) is 5.69 Å². The Morgan fingerprint density at radius 1 is 1.07 bits per heavy atom. The Morgan fingerprint density at radius 3 is 2.34 bits per heavy atom. The number of hydrogen-bond acceptors (Lipinski definition) is 6. The number of carbonyl (C=O) groups is 3. The molecule has 9 heteroatoms. The van der Waals surface area contributed by atoms with E-state index < -0.39 is 28.5 Å². The van der Waals surface area contributed by atoms with Gasteiger partial charge in [0.25, 0.3) is 5.91 Å². The number of amides is 1. The molecule has 2 aromatic rings. The Hall–Kier alpha value is -3.30. The Bertz CT molecular complexity index is 1030. The molecule has 0 unspecified atom stereocenters. The van der Waals surface area contributed by atoms with Crippen LogP contribution in [0.15, 0.2) is 66.1 Å². The minimum atomic E-state index is -3.70. The fraction of sp³-hybridized carbons (Fsp3) is 0.150. The third-order valence-electron chi connectivity index (χ3n) is 3.73. The molecule has 2 aromatic carbocycles. The van der Waals surface area contributed by atoms with E-state index in [-0.39, 0.29) is 22.8 Å². The molecule has 0 aliphatic rings. The Kier molecular flexibility index (Phi) is 7.40. The number of ketones is 1. The van der Waals surface area contributed by atoms with Crippen LogP contribution < -0.4 is 10.0 Å². The molecular formula is C20H20N2O6S. The van der Waals surface area contributed by atoms with Crippen LogP contribution in [0.1, 0.15) is 27.6 Å². The van der Waals surface area contributed by atoms with Crippen LogP contribution in [0.25, 0.3) is 0 Å². The van der Waals surface area contributed by atoms with Gasteiger partial charge in [0.2, 0.25) is 10.0 Å². The summed E-state index contributed by atoms with van der Waals surface area (Å²) >= 11 is 0. The van der Waals surface area contributed by atoms with Gasteiger partial charge in [0, 0.05) is 12.1 Å². The second-order valence-corrected chi connectivity index (χ2v) is 7.66. The zero-order valence-electron chi connectivity index (χ0n) is 15.7. The van der Waals surface area contributed by atoms with Crippen LogP contribution in [0.3, 0.4) is 0 Å². The number of esters is 1. The number of carbonyl (C=O) groups excluding carboxylic acids is 3. The second kappa shape index (κ2) is 9.76. The van der Waals surface area contributed by atoms with E-state index in [2.05, 4.69) is 16.6 Å². The van der Waals surface area contributed by atoms with Crippen LogP contribution in [0, 0.1) is 0 Å². The SMILES string of the molecule is C=CCNS(=O)(=O)c1ccc(C(=O)OCC(=O)Nc2ccccc2C(C)=O)cc1. The van der Waals surface area contributed by atoms with Gasteiger partial charge < -0.3 is 10.1 Å². The average Bonchev–Trinajstić information content (AvgIpc) is 2.71. The smallest absolute Gasteiger partial charge is 0.338 e. The summed E-state index contributed by atoms with van der Waals surface area (Å²) in [6.07, 6.45) is 1.41. The summed E-state index contributed by atoms with van der Waals surface area (Å²) in [5, 5.41) is 2.51. The molecule has 0 fully saturated rings. The van der Waals surface area contributed by atoms with Crippen molar-refractivity contribution >= 4 is 33.4 Å². The van der Waals surface area contributed by atoms with E-state index in [1.165, 1.54) is 37.3 Å². The first-order valence-electron chi connectivity index (χ1n) is 8.52. The van der Waals surface area contributed by atoms with Crippen LogP contribution in [-0.2, 0) is 19.6 Å². The number of hydrogen-bond donors (Lipinski definition) is 2. The fourth-order valence-electron chi connectivity index (χ4n) is 2.32. The maximum absolute atomic E-state index is 12.1. The number of para-hydroxylation sites is 1. The van der Waals surface area contributed by atoms with Gasteiger partial charge in [0.15, 0.2) is 12.4 Å². The molecule has 0 radical (unpaired) electrons. The first-order valence-corrected chi connectivity index (χ1v) is 10.0. The molecular weight excluding hydrogens is 396 g/mol. The molecule has 0 saturated heterocycles. The molecule has 0 heterocycles. The van der Waals surface area contributed by atoms with E-state index in [0.717, 1.165) is 0 Å². The lowest BCUT2D eigenvalue weighted by atomic mass is 10.1. The van der Waals surface area contributed by atoms with E-state index in [1.807, 2.05) is 0 Å². The lowest BCUT2D eigenvalue weighted by Crippen LogP contribution is -2.24. The molecule has 0 spiro atoms. The predicted molar refractivity (Wildman–Crippen MR) is 107 cm³/mol. The van der Waals surface area contributed by atoms with Gasteiger partial charge in [-0.25, -0.2) is 17.9 Å². The summed E-state index contributed by atoms with van der Waals surface area (Å²) in [4.78, 5) is 35.6. The maximum Gasteiger partial charge on any atom is 0.338 e. The van der Waals surface area contributed by atoms with Gasteiger partial charge >= 0.3 is 5.97 Å². The van der Waals surface area contributed by atoms with Crippen molar-refractivity contribution in [1.29, 1.82) is 0 Å². The van der Waals surface area contributed by atoms with Crippen molar-refractivity contribution in [2.24, 2.45) is 0 Å². The average molecular weight is 416 g/mol. The standard InChI is InChI=1S/C20H20N2O6S/c1-3-12-21-29(26,27)16-10-8-15(9-11-16)20(25)28-13-19(24)22-18-7-5-4-6-17(18)14(2)23/h3-11,21H,1,12-13H2,2H3,(H,22,24). The van der Waals surface area contributed by atoms with Gasteiger partial charge in [-0.05, 0) is 43.3 Å². The molecule has 0 bridgehead atoms. The van der Waals surface area contributed by atoms with Gasteiger partial charge in [0.05, 0.1) is 16.1 Å². The number of anilines is 1. The number of Topliss-reactive ketones (excluding diaryl/α,β-unsaturated/α-hetero) is 1. The van der Waals surface area contributed by atoms with Crippen LogP contribution in [0.5, 0.6) is 0 Å². The number of nitrogens with one attached hydrogen (secondary N) is 2. The first kappa shape index (κ1) is 22.0. The number of sulfonamides is 1. The highest BCUT2D eigenvalue weighted by molar-refractivity contribution is 7.89. The van der Waals surface area contributed by atoms with Crippen molar-refractivity contribution in [2.75, 3.05) is 18.5 Å². The monoisotopic (exact) mass is 416 g/mol. The van der Waals surface area contributed by atoms with Gasteiger partial charge in [-0.15, -0.1) is 6.58 Å². The molecule has 29 heavy (non-hydrogen) atoms. The summed E-state index contributed by atoms with van der Waals surface area (Å²) in [6, 6.07) is 11.5. The number of ether oxygens (including phenoxy) is 1. The minimum absolute atomic E-state index is 0.0190. The molecule has 152 valence electrons. The van der Waals surface area contributed by atoms with Gasteiger partial charge in [-0.2, -0.15) is 0 Å². The molecule has 0 atom stereocenters. The Balaban J connectivity index is 1.96. The number of rotatable bonds is 9. The lowest BCUT2D eigenvalue weighted by Gasteiger charge is -2.10. The summed E-state index contributed by atoms with van der Waals surface area (Å²) < 4.78 is 31.2. The van der Waals surface area contributed by atoms with Crippen LogP contribution in [-0.4, -0.2) is 39.2 Å². The first-order chi connectivity index (χ1) is 13.7. The quantitative estimate of drug-likeness (QED) is 0.367. The second-order valence-electron chi connectivity index (χ2n) is 5.89. The molecule has 1 amide bonds. The normalized spacial score (nSPS) is 10.8. The summed E-state index contributed by atoms with van der Waals surface area (Å²) in [6.45, 7) is 4.32.